The Kier molecular flexibility index (Phi) is 6.14. The second-order valence-corrected chi connectivity index (χ2v) is 7.73. The molecule has 2 heterocycles. The van der Waals surface area contributed by atoms with Crippen LogP contribution in [0.2, 0.25) is 0 Å². The van der Waals surface area contributed by atoms with E-state index < -0.39 is 5.91 Å². The van der Waals surface area contributed by atoms with Crippen molar-refractivity contribution in [3.63, 3.8) is 0 Å². The maximum atomic E-state index is 12.7. The highest BCUT2D eigenvalue weighted by Crippen LogP contribution is 2.38. The van der Waals surface area contributed by atoms with E-state index >= 15 is 0 Å². The Hall–Kier alpha value is -3.77. The van der Waals surface area contributed by atoms with Crippen LogP contribution >= 0.6 is 23.6 Å². The second-order valence-electron chi connectivity index (χ2n) is 6.36. The molecule has 0 aliphatic heterocycles. The van der Waals surface area contributed by atoms with Gasteiger partial charge in [-0.2, -0.15) is 9.61 Å². The van der Waals surface area contributed by atoms with Crippen LogP contribution < -0.4 is 24.8 Å². The first-order chi connectivity index (χ1) is 15.5. The van der Waals surface area contributed by atoms with Crippen LogP contribution in [0.5, 0.6) is 17.2 Å². The van der Waals surface area contributed by atoms with Crippen molar-refractivity contribution >= 4 is 45.2 Å². The first kappa shape index (κ1) is 21.5. The number of ether oxygens (including phenoxy) is 3. The number of nitrogens with zero attached hydrogens (tertiary/aromatic N) is 4. The van der Waals surface area contributed by atoms with Gasteiger partial charge in [-0.15, -0.1) is 10.2 Å². The number of aromatic nitrogens is 4. The predicted molar refractivity (Wildman–Crippen MR) is 124 cm³/mol. The van der Waals surface area contributed by atoms with E-state index in [-0.39, 0.29) is 5.11 Å². The first-order valence-electron chi connectivity index (χ1n) is 9.22. The van der Waals surface area contributed by atoms with E-state index in [9.17, 15) is 4.79 Å². The Morgan fingerprint density at radius 1 is 1.06 bits per heavy atom. The summed E-state index contributed by atoms with van der Waals surface area (Å²) in [5.41, 5.74) is 1.95. The van der Waals surface area contributed by atoms with Gasteiger partial charge in [-0.25, -0.2) is 0 Å². The van der Waals surface area contributed by atoms with Crippen molar-refractivity contribution in [2.24, 2.45) is 0 Å². The number of anilines is 1. The lowest BCUT2D eigenvalue weighted by Crippen LogP contribution is -2.34. The number of thiocarbonyl (C=S) groups is 1. The minimum atomic E-state index is -0.418. The van der Waals surface area contributed by atoms with E-state index in [0.717, 1.165) is 15.5 Å². The zero-order valence-corrected chi connectivity index (χ0v) is 18.9. The fraction of sp³-hybridized carbons (Fsp3) is 0.150. The van der Waals surface area contributed by atoms with Crippen molar-refractivity contribution in [3.05, 3.63) is 48.3 Å². The van der Waals surface area contributed by atoms with Crippen molar-refractivity contribution in [1.82, 2.24) is 25.1 Å². The molecule has 0 aliphatic rings. The van der Waals surface area contributed by atoms with Gasteiger partial charge in [-0.1, -0.05) is 11.3 Å². The smallest absolute Gasteiger partial charge is 0.257 e. The van der Waals surface area contributed by atoms with Crippen LogP contribution in [0.25, 0.3) is 15.5 Å². The van der Waals surface area contributed by atoms with Gasteiger partial charge in [0.1, 0.15) is 11.3 Å². The van der Waals surface area contributed by atoms with E-state index in [1.165, 1.54) is 32.7 Å². The summed E-state index contributed by atoms with van der Waals surface area (Å²) < 4.78 is 17.5. The van der Waals surface area contributed by atoms with Gasteiger partial charge in [-0.3, -0.25) is 10.1 Å². The van der Waals surface area contributed by atoms with Gasteiger partial charge >= 0.3 is 0 Å². The maximum absolute atomic E-state index is 12.7. The van der Waals surface area contributed by atoms with Crippen LogP contribution in [0, 0.1) is 0 Å². The molecule has 0 unspecified atom stereocenters. The quantitative estimate of drug-likeness (QED) is 0.411. The van der Waals surface area contributed by atoms with Crippen molar-refractivity contribution in [1.29, 1.82) is 0 Å². The topological polar surface area (TPSA) is 112 Å². The average molecular weight is 471 g/mol. The molecule has 2 N–H and O–H groups in total. The zero-order chi connectivity index (χ0) is 22.7. The summed E-state index contributed by atoms with van der Waals surface area (Å²) >= 11 is 6.72. The third kappa shape index (κ3) is 4.31. The predicted octanol–water partition coefficient (Wildman–Crippen LogP) is 3.01. The lowest BCUT2D eigenvalue weighted by Gasteiger charge is -2.14. The normalized spacial score (nSPS) is 10.6. The molecule has 164 valence electrons. The van der Waals surface area contributed by atoms with E-state index in [2.05, 4.69) is 25.9 Å². The number of nitrogens with one attached hydrogen (secondary N) is 2. The van der Waals surface area contributed by atoms with Gasteiger partial charge in [0.2, 0.25) is 10.7 Å². The van der Waals surface area contributed by atoms with E-state index in [1.54, 1.807) is 23.0 Å². The maximum Gasteiger partial charge on any atom is 0.257 e. The molecule has 1 amide bonds. The van der Waals surface area contributed by atoms with E-state index in [1.807, 2.05) is 24.3 Å². The summed E-state index contributed by atoms with van der Waals surface area (Å²) in [6.45, 7) is 0. The van der Waals surface area contributed by atoms with Crippen molar-refractivity contribution in [2.45, 2.75) is 0 Å². The summed E-state index contributed by atoms with van der Waals surface area (Å²) in [5, 5.41) is 18.8. The molecule has 2 aromatic heterocycles. The lowest BCUT2D eigenvalue weighted by atomic mass is 10.1. The van der Waals surface area contributed by atoms with Crippen LogP contribution in [0.1, 0.15) is 10.4 Å². The molecule has 0 radical (unpaired) electrons. The fourth-order valence-electron chi connectivity index (χ4n) is 2.92. The standard InChI is InChI=1S/C20H18N6O4S2/c1-28-14-8-12(9-15(29-2)16(14)30-3)17(27)23-19(31)22-13-6-4-11(5-7-13)18-25-26-10-21-24-20(26)32-18/h4-10H,1-3H3,(H2,22,23,27,31). The molecule has 0 aliphatic carbocycles. The SMILES string of the molecule is COc1cc(C(=O)NC(=S)Nc2ccc(-c3nn4cnnc4s3)cc2)cc(OC)c1OC. The third-order valence-electron chi connectivity index (χ3n) is 4.43. The van der Waals surface area contributed by atoms with Gasteiger partial charge in [0.15, 0.2) is 16.6 Å². The highest BCUT2D eigenvalue weighted by molar-refractivity contribution is 7.80. The second kappa shape index (κ2) is 9.16. The molecule has 4 aromatic rings. The van der Waals surface area contributed by atoms with Crippen LogP contribution in [-0.2, 0) is 0 Å². The molecule has 2 aromatic carbocycles. The highest BCUT2D eigenvalue weighted by atomic mass is 32.1. The number of amides is 1. The van der Waals surface area contributed by atoms with Gasteiger partial charge in [-0.05, 0) is 48.6 Å². The van der Waals surface area contributed by atoms with E-state index in [4.69, 9.17) is 26.4 Å². The highest BCUT2D eigenvalue weighted by Gasteiger charge is 2.18. The number of hydrogen-bond donors (Lipinski definition) is 2. The molecular weight excluding hydrogens is 452 g/mol. The molecule has 4 rings (SSSR count). The Morgan fingerprint density at radius 2 is 1.75 bits per heavy atom. The number of carbonyl (C=O) groups is 1. The lowest BCUT2D eigenvalue weighted by molar-refractivity contribution is 0.0977. The Bertz CT molecular complexity index is 1230. The first-order valence-corrected chi connectivity index (χ1v) is 10.4. The van der Waals surface area contributed by atoms with Crippen molar-refractivity contribution < 1.29 is 19.0 Å². The molecule has 0 saturated carbocycles. The number of benzene rings is 2. The van der Waals surface area contributed by atoms with Crippen LogP contribution in [0.15, 0.2) is 42.7 Å². The average Bonchev–Trinajstić information content (AvgIpc) is 3.41. The van der Waals surface area contributed by atoms with Crippen molar-refractivity contribution in [3.8, 4) is 27.8 Å². The number of carbonyl (C=O) groups excluding carboxylic acids is 1. The molecule has 12 heteroatoms. The van der Waals surface area contributed by atoms with Crippen LogP contribution in [-0.4, -0.2) is 52.2 Å². The number of methoxy groups -OCH3 is 3. The van der Waals surface area contributed by atoms with Crippen LogP contribution in [0.3, 0.4) is 0 Å². The number of rotatable bonds is 6. The number of fused-ring (bicyclic) bond motifs is 1. The molecular formula is C20H18N6O4S2. The summed E-state index contributed by atoms with van der Waals surface area (Å²) in [6.07, 6.45) is 1.56. The molecule has 0 bridgehead atoms. The van der Waals surface area contributed by atoms with Gasteiger partial charge in [0.05, 0.1) is 21.3 Å². The largest absolute Gasteiger partial charge is 0.493 e. The molecule has 32 heavy (non-hydrogen) atoms. The Morgan fingerprint density at radius 3 is 2.34 bits per heavy atom. The molecule has 0 spiro atoms. The molecule has 0 fully saturated rings. The van der Waals surface area contributed by atoms with Crippen molar-refractivity contribution in [2.75, 3.05) is 26.6 Å². The summed E-state index contributed by atoms with van der Waals surface area (Å²) in [6, 6.07) is 10.6. The summed E-state index contributed by atoms with van der Waals surface area (Å²) in [4.78, 5) is 13.4. The minimum absolute atomic E-state index is 0.148. The number of hydrogen-bond acceptors (Lipinski definition) is 9. The van der Waals surface area contributed by atoms with Gasteiger partial charge in [0.25, 0.3) is 5.91 Å². The van der Waals surface area contributed by atoms with Gasteiger partial charge in [0, 0.05) is 16.8 Å². The van der Waals surface area contributed by atoms with Crippen LogP contribution in [0.4, 0.5) is 5.69 Å². The Balaban J connectivity index is 1.43. The molecule has 10 nitrogen and oxygen atoms in total. The summed E-state index contributed by atoms with van der Waals surface area (Å²) in [7, 11) is 4.46. The van der Waals surface area contributed by atoms with E-state index in [0.29, 0.717) is 28.5 Å². The molecule has 0 saturated heterocycles. The zero-order valence-electron chi connectivity index (χ0n) is 17.3. The van der Waals surface area contributed by atoms with Gasteiger partial charge < -0.3 is 19.5 Å². The third-order valence-corrected chi connectivity index (χ3v) is 5.60. The summed E-state index contributed by atoms with van der Waals surface area (Å²) in [5.74, 6) is 0.726. The monoisotopic (exact) mass is 470 g/mol. The minimum Gasteiger partial charge on any atom is -0.493 e. The molecule has 0 atom stereocenters. The fourth-order valence-corrected chi connectivity index (χ4v) is 3.96. The Labute approximate surface area is 192 Å².